The number of methoxy groups -OCH3 is 1. The summed E-state index contributed by atoms with van der Waals surface area (Å²) in [4.78, 5) is 12.1. The number of carbonyl (C=O) groups is 1. The lowest BCUT2D eigenvalue weighted by molar-refractivity contribution is -0.111. The van der Waals surface area contributed by atoms with Crippen LogP contribution in [0.15, 0.2) is 59.0 Å². The third-order valence-corrected chi connectivity index (χ3v) is 3.80. The fourth-order valence-electron chi connectivity index (χ4n) is 2.53. The molecule has 0 aliphatic carbocycles. The molecule has 122 valence electrons. The molecule has 0 aliphatic heterocycles. The average Bonchev–Trinajstić information content (AvgIpc) is 3.02. The normalized spacial score (nSPS) is 11.1. The highest BCUT2D eigenvalue weighted by atomic mass is 16.5. The monoisotopic (exact) mass is 321 g/mol. The number of hydrogen-bond donors (Lipinski definition) is 1. The highest BCUT2D eigenvalue weighted by molar-refractivity contribution is 6.02. The second kappa shape index (κ2) is 7.04. The quantitative estimate of drug-likeness (QED) is 0.696. The van der Waals surface area contributed by atoms with Crippen molar-refractivity contribution in [3.63, 3.8) is 0 Å². The van der Waals surface area contributed by atoms with Crippen molar-refractivity contribution in [1.29, 1.82) is 0 Å². The molecule has 0 radical (unpaired) electrons. The highest BCUT2D eigenvalue weighted by Crippen LogP contribution is 2.24. The summed E-state index contributed by atoms with van der Waals surface area (Å²) < 4.78 is 10.9. The van der Waals surface area contributed by atoms with Crippen LogP contribution in [-0.4, -0.2) is 13.0 Å². The van der Waals surface area contributed by atoms with E-state index < -0.39 is 0 Å². The van der Waals surface area contributed by atoms with Crippen molar-refractivity contribution in [2.24, 2.45) is 0 Å². The van der Waals surface area contributed by atoms with Crippen LogP contribution in [0.5, 0.6) is 5.75 Å². The molecule has 3 aromatic rings. The van der Waals surface area contributed by atoms with Gasteiger partial charge in [-0.15, -0.1) is 0 Å². The number of rotatable bonds is 5. The van der Waals surface area contributed by atoms with Crippen LogP contribution in [0.25, 0.3) is 17.0 Å². The predicted molar refractivity (Wildman–Crippen MR) is 96.2 cm³/mol. The lowest BCUT2D eigenvalue weighted by atomic mass is 10.1. The zero-order chi connectivity index (χ0) is 16.9. The SMILES string of the molecule is CCc1ccccc1NC(=O)/C=C/c1cc2cc(OC)ccc2o1. The van der Waals surface area contributed by atoms with E-state index in [1.807, 2.05) is 48.5 Å². The molecule has 1 heterocycles. The van der Waals surface area contributed by atoms with Crippen LogP contribution in [-0.2, 0) is 11.2 Å². The van der Waals surface area contributed by atoms with Gasteiger partial charge in [-0.05, 0) is 48.4 Å². The molecule has 3 rings (SSSR count). The Kier molecular flexibility index (Phi) is 4.66. The van der Waals surface area contributed by atoms with Gasteiger partial charge in [0.25, 0.3) is 0 Å². The van der Waals surface area contributed by atoms with E-state index in [1.54, 1.807) is 13.2 Å². The molecular formula is C20H19NO3. The van der Waals surface area contributed by atoms with Gasteiger partial charge in [0.05, 0.1) is 7.11 Å². The van der Waals surface area contributed by atoms with Gasteiger partial charge in [-0.2, -0.15) is 0 Å². The van der Waals surface area contributed by atoms with E-state index in [0.29, 0.717) is 5.76 Å². The minimum absolute atomic E-state index is 0.186. The summed E-state index contributed by atoms with van der Waals surface area (Å²) in [5.74, 6) is 1.21. The van der Waals surface area contributed by atoms with Gasteiger partial charge in [0.1, 0.15) is 17.1 Å². The van der Waals surface area contributed by atoms with Crippen LogP contribution < -0.4 is 10.1 Å². The van der Waals surface area contributed by atoms with Crippen molar-refractivity contribution >= 4 is 28.6 Å². The van der Waals surface area contributed by atoms with Gasteiger partial charge in [-0.25, -0.2) is 0 Å². The molecule has 4 heteroatoms. The summed E-state index contributed by atoms with van der Waals surface area (Å²) in [5, 5.41) is 3.83. The first-order valence-corrected chi connectivity index (χ1v) is 7.84. The van der Waals surface area contributed by atoms with E-state index in [1.165, 1.54) is 6.08 Å². The Hall–Kier alpha value is -3.01. The molecule has 1 amide bonds. The molecule has 24 heavy (non-hydrogen) atoms. The fourth-order valence-corrected chi connectivity index (χ4v) is 2.53. The van der Waals surface area contributed by atoms with Crippen LogP contribution >= 0.6 is 0 Å². The Morgan fingerprint density at radius 3 is 2.83 bits per heavy atom. The molecular weight excluding hydrogens is 302 g/mol. The summed E-state index contributed by atoms with van der Waals surface area (Å²) in [5.41, 5.74) is 2.70. The van der Waals surface area contributed by atoms with E-state index >= 15 is 0 Å². The van der Waals surface area contributed by atoms with E-state index in [2.05, 4.69) is 12.2 Å². The van der Waals surface area contributed by atoms with Crippen molar-refractivity contribution in [2.45, 2.75) is 13.3 Å². The minimum Gasteiger partial charge on any atom is -0.497 e. The van der Waals surface area contributed by atoms with Crippen LogP contribution in [0.2, 0.25) is 0 Å². The summed E-state index contributed by atoms with van der Waals surface area (Å²) in [6.07, 6.45) is 4.00. The molecule has 0 saturated heterocycles. The van der Waals surface area contributed by atoms with Crippen molar-refractivity contribution in [3.05, 3.63) is 65.9 Å². The minimum atomic E-state index is -0.186. The molecule has 0 spiro atoms. The molecule has 0 bridgehead atoms. The maximum absolute atomic E-state index is 12.1. The van der Waals surface area contributed by atoms with Gasteiger partial charge in [0, 0.05) is 17.1 Å². The van der Waals surface area contributed by atoms with Gasteiger partial charge >= 0.3 is 0 Å². The van der Waals surface area contributed by atoms with Gasteiger partial charge in [-0.1, -0.05) is 25.1 Å². The Bertz CT molecular complexity index is 893. The maximum Gasteiger partial charge on any atom is 0.248 e. The summed E-state index contributed by atoms with van der Waals surface area (Å²) in [6.45, 7) is 2.06. The van der Waals surface area contributed by atoms with Crippen LogP contribution in [0.1, 0.15) is 18.2 Å². The number of para-hydroxylation sites is 1. The lowest BCUT2D eigenvalue weighted by Crippen LogP contribution is -2.09. The third kappa shape index (κ3) is 3.49. The maximum atomic E-state index is 12.1. The van der Waals surface area contributed by atoms with E-state index in [9.17, 15) is 4.79 Å². The Balaban J connectivity index is 1.74. The largest absolute Gasteiger partial charge is 0.497 e. The first-order valence-electron chi connectivity index (χ1n) is 7.84. The molecule has 0 unspecified atom stereocenters. The number of benzene rings is 2. The zero-order valence-corrected chi connectivity index (χ0v) is 13.7. The number of aryl methyl sites for hydroxylation is 1. The Morgan fingerprint density at radius 2 is 2.04 bits per heavy atom. The number of nitrogens with one attached hydrogen (secondary N) is 1. The van der Waals surface area contributed by atoms with Crippen molar-refractivity contribution in [2.75, 3.05) is 12.4 Å². The Labute approximate surface area is 140 Å². The number of anilines is 1. The highest BCUT2D eigenvalue weighted by Gasteiger charge is 2.05. The van der Waals surface area contributed by atoms with E-state index in [4.69, 9.17) is 9.15 Å². The molecule has 0 fully saturated rings. The fraction of sp³-hybridized carbons (Fsp3) is 0.150. The first kappa shape index (κ1) is 15.9. The molecule has 0 atom stereocenters. The van der Waals surface area contributed by atoms with Crippen molar-refractivity contribution in [1.82, 2.24) is 0 Å². The summed E-state index contributed by atoms with van der Waals surface area (Å²) in [7, 11) is 1.63. The third-order valence-electron chi connectivity index (χ3n) is 3.80. The number of amides is 1. The second-order valence-electron chi connectivity index (χ2n) is 5.39. The molecule has 0 aliphatic rings. The molecule has 4 nitrogen and oxygen atoms in total. The molecule has 0 saturated carbocycles. The van der Waals surface area contributed by atoms with Crippen molar-refractivity contribution < 1.29 is 13.9 Å². The van der Waals surface area contributed by atoms with Gasteiger partial charge < -0.3 is 14.5 Å². The van der Waals surface area contributed by atoms with E-state index in [0.717, 1.165) is 34.4 Å². The number of hydrogen-bond acceptors (Lipinski definition) is 3. The number of ether oxygens (including phenoxy) is 1. The number of carbonyl (C=O) groups excluding carboxylic acids is 1. The van der Waals surface area contributed by atoms with Gasteiger partial charge in [-0.3, -0.25) is 4.79 Å². The van der Waals surface area contributed by atoms with Crippen LogP contribution in [0, 0.1) is 0 Å². The number of fused-ring (bicyclic) bond motifs is 1. The summed E-state index contributed by atoms with van der Waals surface area (Å²) in [6, 6.07) is 15.2. The van der Waals surface area contributed by atoms with Crippen LogP contribution in [0.4, 0.5) is 5.69 Å². The van der Waals surface area contributed by atoms with Gasteiger partial charge in [0.2, 0.25) is 5.91 Å². The molecule has 1 N–H and O–H groups in total. The van der Waals surface area contributed by atoms with Crippen LogP contribution in [0.3, 0.4) is 0 Å². The smallest absolute Gasteiger partial charge is 0.248 e. The molecule has 1 aromatic heterocycles. The summed E-state index contributed by atoms with van der Waals surface area (Å²) >= 11 is 0. The number of furan rings is 1. The predicted octanol–water partition coefficient (Wildman–Crippen LogP) is 4.66. The standard InChI is InChI=1S/C20H19NO3/c1-3-14-6-4-5-7-18(14)21-20(22)11-9-17-13-15-12-16(23-2)8-10-19(15)24-17/h4-13H,3H2,1-2H3,(H,21,22)/b11-9+. The first-order chi connectivity index (χ1) is 11.7. The Morgan fingerprint density at radius 1 is 1.21 bits per heavy atom. The zero-order valence-electron chi connectivity index (χ0n) is 13.7. The molecule has 2 aromatic carbocycles. The topological polar surface area (TPSA) is 51.5 Å². The van der Waals surface area contributed by atoms with Gasteiger partial charge in [0.15, 0.2) is 0 Å². The van der Waals surface area contributed by atoms with Crippen molar-refractivity contribution in [3.8, 4) is 5.75 Å². The average molecular weight is 321 g/mol. The lowest BCUT2D eigenvalue weighted by Gasteiger charge is -2.07. The van der Waals surface area contributed by atoms with E-state index in [-0.39, 0.29) is 5.91 Å². The second-order valence-corrected chi connectivity index (χ2v) is 5.39.